The van der Waals surface area contributed by atoms with Gasteiger partial charge in [-0.05, 0) is 30.5 Å². The van der Waals surface area contributed by atoms with Gasteiger partial charge in [-0.3, -0.25) is 14.4 Å². The highest BCUT2D eigenvalue weighted by Gasteiger charge is 2.34. The second kappa shape index (κ2) is 8.47. The zero-order valence-electron chi connectivity index (χ0n) is 14.0. The number of nitrogens with zero attached hydrogens (tertiary/aromatic N) is 1. The molecule has 130 valence electrons. The lowest BCUT2D eigenvalue weighted by Gasteiger charge is -2.17. The van der Waals surface area contributed by atoms with E-state index in [1.807, 2.05) is 24.3 Å². The van der Waals surface area contributed by atoms with Gasteiger partial charge < -0.3 is 15.3 Å². The molecule has 1 aliphatic heterocycles. The van der Waals surface area contributed by atoms with E-state index < -0.39 is 5.97 Å². The highest BCUT2D eigenvalue weighted by molar-refractivity contribution is 6.00. The number of hydrogen-bond acceptors (Lipinski definition) is 3. The highest BCUT2D eigenvalue weighted by atomic mass is 16.4. The monoisotopic (exact) mass is 332 g/mol. The summed E-state index contributed by atoms with van der Waals surface area (Å²) in [5.74, 6) is -1.49. The van der Waals surface area contributed by atoms with Crippen molar-refractivity contribution >= 4 is 23.5 Å². The molecule has 1 aliphatic rings. The lowest BCUT2D eigenvalue weighted by Crippen LogP contribution is -2.33. The van der Waals surface area contributed by atoms with Crippen LogP contribution in [0.1, 0.15) is 38.2 Å². The molecule has 2 N–H and O–H groups in total. The van der Waals surface area contributed by atoms with Crippen molar-refractivity contribution in [3.8, 4) is 0 Å². The summed E-state index contributed by atoms with van der Waals surface area (Å²) in [5.41, 5.74) is 2.06. The third-order valence-electron chi connectivity index (χ3n) is 4.15. The fourth-order valence-corrected chi connectivity index (χ4v) is 2.86. The smallest absolute Gasteiger partial charge is 0.303 e. The third kappa shape index (κ3) is 4.81. The number of aryl methyl sites for hydroxylation is 1. The van der Waals surface area contributed by atoms with Crippen LogP contribution in [0.15, 0.2) is 24.3 Å². The lowest BCUT2D eigenvalue weighted by molar-refractivity contribution is -0.137. The molecule has 0 saturated carbocycles. The van der Waals surface area contributed by atoms with Gasteiger partial charge in [-0.15, -0.1) is 0 Å². The van der Waals surface area contributed by atoms with Gasteiger partial charge in [-0.25, -0.2) is 0 Å². The molecule has 1 aromatic carbocycles. The largest absolute Gasteiger partial charge is 0.481 e. The van der Waals surface area contributed by atoms with E-state index in [0.29, 0.717) is 19.5 Å². The van der Waals surface area contributed by atoms with E-state index in [-0.39, 0.29) is 30.6 Å². The van der Waals surface area contributed by atoms with Gasteiger partial charge in [-0.1, -0.05) is 25.5 Å². The minimum atomic E-state index is -0.877. The van der Waals surface area contributed by atoms with Crippen LogP contribution in [0.2, 0.25) is 0 Å². The zero-order valence-corrected chi connectivity index (χ0v) is 14.0. The number of amides is 2. The maximum absolute atomic E-state index is 12.2. The van der Waals surface area contributed by atoms with Crippen LogP contribution in [0.25, 0.3) is 0 Å². The molecule has 0 aromatic heterocycles. The summed E-state index contributed by atoms with van der Waals surface area (Å²) in [6.07, 6.45) is 2.70. The molecule has 24 heavy (non-hydrogen) atoms. The molecule has 6 heteroatoms. The van der Waals surface area contributed by atoms with E-state index >= 15 is 0 Å². The van der Waals surface area contributed by atoms with Gasteiger partial charge in [0.1, 0.15) is 0 Å². The molecule has 0 bridgehead atoms. The number of benzene rings is 1. The van der Waals surface area contributed by atoms with Crippen molar-refractivity contribution in [1.82, 2.24) is 5.32 Å². The van der Waals surface area contributed by atoms with Gasteiger partial charge in [0, 0.05) is 31.6 Å². The molecule has 2 rings (SSSR count). The molecule has 1 atom stereocenters. The van der Waals surface area contributed by atoms with Crippen LogP contribution in [0, 0.1) is 5.92 Å². The van der Waals surface area contributed by atoms with E-state index in [4.69, 9.17) is 5.11 Å². The zero-order chi connectivity index (χ0) is 17.5. The number of rotatable bonds is 8. The number of carbonyl (C=O) groups excluding carboxylic acids is 2. The van der Waals surface area contributed by atoms with Crippen molar-refractivity contribution in [2.24, 2.45) is 5.92 Å². The molecular weight excluding hydrogens is 308 g/mol. The van der Waals surface area contributed by atoms with Gasteiger partial charge >= 0.3 is 5.97 Å². The van der Waals surface area contributed by atoms with Crippen LogP contribution in [0.5, 0.6) is 0 Å². The van der Waals surface area contributed by atoms with Crippen LogP contribution in [-0.2, 0) is 20.8 Å². The Morgan fingerprint density at radius 3 is 2.62 bits per heavy atom. The second-order valence-corrected chi connectivity index (χ2v) is 6.11. The average Bonchev–Trinajstić information content (AvgIpc) is 2.94. The highest BCUT2D eigenvalue weighted by Crippen LogP contribution is 2.25. The van der Waals surface area contributed by atoms with Crippen LogP contribution in [0.4, 0.5) is 5.69 Å². The molecule has 6 nitrogen and oxygen atoms in total. The van der Waals surface area contributed by atoms with Crippen molar-refractivity contribution in [1.29, 1.82) is 0 Å². The summed E-state index contributed by atoms with van der Waals surface area (Å²) in [6, 6.07) is 7.89. The SMILES string of the molecule is CCCc1ccc(N2CC(C(=O)NCCCC(=O)O)CC2=O)cc1. The number of carboxylic acid groups (broad SMARTS) is 1. The molecule has 0 radical (unpaired) electrons. The number of carbonyl (C=O) groups is 3. The van der Waals surface area contributed by atoms with Crippen LogP contribution >= 0.6 is 0 Å². The molecular formula is C18H24N2O4. The number of anilines is 1. The van der Waals surface area contributed by atoms with Crippen molar-refractivity contribution < 1.29 is 19.5 Å². The summed E-state index contributed by atoms with van der Waals surface area (Å²) >= 11 is 0. The van der Waals surface area contributed by atoms with Gasteiger partial charge in [0.15, 0.2) is 0 Å². The number of aliphatic carboxylic acids is 1. The molecule has 0 spiro atoms. The topological polar surface area (TPSA) is 86.7 Å². The Hall–Kier alpha value is -2.37. The minimum absolute atomic E-state index is 0.0279. The van der Waals surface area contributed by atoms with E-state index in [9.17, 15) is 14.4 Å². The van der Waals surface area contributed by atoms with E-state index in [1.54, 1.807) is 4.90 Å². The first-order chi connectivity index (χ1) is 11.5. The van der Waals surface area contributed by atoms with Crippen molar-refractivity contribution in [3.05, 3.63) is 29.8 Å². The quantitative estimate of drug-likeness (QED) is 0.713. The van der Waals surface area contributed by atoms with Crippen molar-refractivity contribution in [3.63, 3.8) is 0 Å². The summed E-state index contributed by atoms with van der Waals surface area (Å²) in [6.45, 7) is 2.82. The van der Waals surface area contributed by atoms with Crippen LogP contribution in [0.3, 0.4) is 0 Å². The van der Waals surface area contributed by atoms with E-state index in [0.717, 1.165) is 18.5 Å². The summed E-state index contributed by atoms with van der Waals surface area (Å²) in [7, 11) is 0. The summed E-state index contributed by atoms with van der Waals surface area (Å²) < 4.78 is 0. The van der Waals surface area contributed by atoms with E-state index in [2.05, 4.69) is 12.2 Å². The predicted octanol–water partition coefficient (Wildman–Crippen LogP) is 1.97. The molecule has 0 aliphatic carbocycles. The normalized spacial score (nSPS) is 17.1. The number of nitrogens with one attached hydrogen (secondary N) is 1. The Morgan fingerprint density at radius 1 is 1.29 bits per heavy atom. The van der Waals surface area contributed by atoms with Gasteiger partial charge in [0.25, 0.3) is 0 Å². The Kier molecular flexibility index (Phi) is 6.35. The second-order valence-electron chi connectivity index (χ2n) is 6.11. The molecule has 1 unspecified atom stereocenters. The molecule has 1 fully saturated rings. The fourth-order valence-electron chi connectivity index (χ4n) is 2.86. The molecule has 1 aromatic rings. The Labute approximate surface area is 141 Å². The lowest BCUT2D eigenvalue weighted by atomic mass is 10.1. The third-order valence-corrected chi connectivity index (χ3v) is 4.15. The Morgan fingerprint density at radius 2 is 2.00 bits per heavy atom. The maximum Gasteiger partial charge on any atom is 0.303 e. The number of hydrogen-bond donors (Lipinski definition) is 2. The molecule has 2 amide bonds. The van der Waals surface area contributed by atoms with Gasteiger partial charge in [0.2, 0.25) is 11.8 Å². The van der Waals surface area contributed by atoms with Crippen LogP contribution < -0.4 is 10.2 Å². The predicted molar refractivity (Wildman–Crippen MR) is 90.8 cm³/mol. The van der Waals surface area contributed by atoms with Crippen molar-refractivity contribution in [2.45, 2.75) is 39.0 Å². The van der Waals surface area contributed by atoms with Gasteiger partial charge in [0.05, 0.1) is 5.92 Å². The van der Waals surface area contributed by atoms with E-state index in [1.165, 1.54) is 5.56 Å². The Balaban J connectivity index is 1.88. The fraction of sp³-hybridized carbons (Fsp3) is 0.500. The molecule has 1 saturated heterocycles. The minimum Gasteiger partial charge on any atom is -0.481 e. The number of carboxylic acids is 1. The first-order valence-electron chi connectivity index (χ1n) is 8.40. The van der Waals surface area contributed by atoms with Crippen molar-refractivity contribution in [2.75, 3.05) is 18.0 Å². The maximum atomic E-state index is 12.2. The van der Waals surface area contributed by atoms with Crippen LogP contribution in [-0.4, -0.2) is 36.0 Å². The average molecular weight is 332 g/mol. The standard InChI is InChI=1S/C18H24N2O4/c1-2-4-13-6-8-15(9-7-13)20-12-14(11-16(20)21)18(24)19-10-3-5-17(22)23/h6-9,14H,2-5,10-12H2,1H3,(H,19,24)(H,22,23). The first-order valence-corrected chi connectivity index (χ1v) is 8.40. The first kappa shape index (κ1) is 18.0. The molecule has 1 heterocycles. The van der Waals surface area contributed by atoms with Gasteiger partial charge in [-0.2, -0.15) is 0 Å². The Bertz CT molecular complexity index is 598. The summed E-state index contributed by atoms with van der Waals surface area (Å²) in [4.78, 5) is 36.4. The summed E-state index contributed by atoms with van der Waals surface area (Å²) in [5, 5.41) is 11.3.